The standard InChI is InChI=1S/C42H42N10O11/c1-45-29-19-34(62-5)32(60-3)17-27(29)43-25(37(45)54)12-14-47-39(56)49-16-11-24-31(51(49)41(47)58)21-50-40(57)48(42(59)52(50)36(24)22-7-9-23(53)10-8-22)15-13-26-38(55)46(2)30-20-35(63-6)33(61-4)18-28(30)44-26/h7-11,17-20,31,36,53H,12-16,21H2,1-6H3. The number of rotatable bonds is 11. The van der Waals surface area contributed by atoms with E-state index in [9.17, 15) is 33.9 Å². The van der Waals surface area contributed by atoms with E-state index < -0.39 is 46.0 Å². The SMILES string of the molecule is COc1cc2nc(CCn3c(=O)n4n(c3=O)C3Cn5c(=O)n(CCc6nc7cc(OC)c(OC)cc7n(C)c6=O)c(=O)n5C(c5ccc(O)cc5)C3=CC4)c(=O)n(C)c2cc1OC. The first-order valence-corrected chi connectivity index (χ1v) is 19.9. The number of phenolic OH excluding ortho intramolecular Hbond substituents is 1. The molecular formula is C42H42N10O11. The number of fused-ring (bicyclic) bond motifs is 6. The first kappa shape index (κ1) is 40.6. The zero-order valence-corrected chi connectivity index (χ0v) is 35.1. The van der Waals surface area contributed by atoms with Crippen molar-refractivity contribution in [1.82, 2.24) is 47.0 Å². The summed E-state index contributed by atoms with van der Waals surface area (Å²) in [5.74, 6) is 1.62. The minimum Gasteiger partial charge on any atom is -0.508 e. The minimum atomic E-state index is -0.931. The molecule has 21 nitrogen and oxygen atoms in total. The lowest BCUT2D eigenvalue weighted by molar-refractivity contribution is 0.246. The zero-order chi connectivity index (χ0) is 44.6. The van der Waals surface area contributed by atoms with E-state index in [-0.39, 0.29) is 56.2 Å². The number of hydrogen-bond acceptors (Lipinski definition) is 13. The molecule has 21 heteroatoms. The fraction of sp³-hybridized carbons (Fsp3) is 0.333. The number of benzene rings is 3. The third-order valence-electron chi connectivity index (χ3n) is 12.0. The largest absolute Gasteiger partial charge is 0.508 e. The lowest BCUT2D eigenvalue weighted by Crippen LogP contribution is -2.47. The van der Waals surface area contributed by atoms with Crippen LogP contribution < -0.4 is 52.8 Å². The Morgan fingerprint density at radius 3 is 1.57 bits per heavy atom. The van der Waals surface area contributed by atoms with Crippen molar-refractivity contribution < 1.29 is 24.1 Å². The molecule has 63 heavy (non-hydrogen) atoms. The van der Waals surface area contributed by atoms with Crippen molar-refractivity contribution in [2.45, 2.75) is 51.1 Å². The van der Waals surface area contributed by atoms with Crippen LogP contribution in [0.5, 0.6) is 28.7 Å². The van der Waals surface area contributed by atoms with Gasteiger partial charge < -0.3 is 33.2 Å². The summed E-state index contributed by atoms with van der Waals surface area (Å²) in [6, 6.07) is 10.9. The number of ether oxygens (including phenoxy) is 4. The van der Waals surface area contributed by atoms with Crippen molar-refractivity contribution in [1.29, 1.82) is 0 Å². The molecule has 9 rings (SSSR count). The van der Waals surface area contributed by atoms with E-state index in [1.54, 1.807) is 56.6 Å². The van der Waals surface area contributed by atoms with E-state index in [4.69, 9.17) is 18.9 Å². The van der Waals surface area contributed by atoms with Crippen LogP contribution in [0.2, 0.25) is 0 Å². The molecule has 2 atom stereocenters. The fourth-order valence-electron chi connectivity index (χ4n) is 8.77. The van der Waals surface area contributed by atoms with Gasteiger partial charge in [0.15, 0.2) is 23.0 Å². The summed E-state index contributed by atoms with van der Waals surface area (Å²) in [6.45, 7) is -0.618. The van der Waals surface area contributed by atoms with Crippen LogP contribution in [0, 0.1) is 0 Å². The number of phenols is 1. The van der Waals surface area contributed by atoms with Crippen molar-refractivity contribution in [3.8, 4) is 28.7 Å². The van der Waals surface area contributed by atoms with E-state index in [2.05, 4.69) is 9.97 Å². The van der Waals surface area contributed by atoms with Crippen LogP contribution in [-0.4, -0.2) is 80.5 Å². The van der Waals surface area contributed by atoms with E-state index in [0.29, 0.717) is 56.2 Å². The van der Waals surface area contributed by atoms with Crippen LogP contribution >= 0.6 is 0 Å². The van der Waals surface area contributed by atoms with Crippen LogP contribution in [0.25, 0.3) is 22.1 Å². The topological polar surface area (TPSA) is 225 Å². The Kier molecular flexibility index (Phi) is 9.82. The maximum Gasteiger partial charge on any atom is 0.348 e. The summed E-state index contributed by atoms with van der Waals surface area (Å²) in [6.07, 6.45) is 1.63. The summed E-state index contributed by atoms with van der Waals surface area (Å²) < 4.78 is 31.6. The third-order valence-corrected chi connectivity index (χ3v) is 12.0. The van der Waals surface area contributed by atoms with Gasteiger partial charge in [0.2, 0.25) is 0 Å². The lowest BCUT2D eigenvalue weighted by Gasteiger charge is -2.37. The van der Waals surface area contributed by atoms with Gasteiger partial charge in [-0.05, 0) is 23.3 Å². The van der Waals surface area contributed by atoms with Crippen LogP contribution in [0.3, 0.4) is 0 Å². The van der Waals surface area contributed by atoms with Gasteiger partial charge in [-0.25, -0.2) is 57.0 Å². The van der Waals surface area contributed by atoms with E-state index >= 15 is 0 Å². The predicted molar refractivity (Wildman–Crippen MR) is 227 cm³/mol. The molecule has 0 aliphatic carbocycles. The van der Waals surface area contributed by atoms with Crippen LogP contribution in [-0.2, 0) is 53.1 Å². The average Bonchev–Trinajstić information content (AvgIpc) is 3.68. The molecule has 0 radical (unpaired) electrons. The second-order valence-electron chi connectivity index (χ2n) is 15.2. The van der Waals surface area contributed by atoms with Gasteiger partial charge in [-0.1, -0.05) is 18.2 Å². The molecule has 0 bridgehead atoms. The molecule has 1 N–H and O–H groups in total. The second kappa shape index (κ2) is 15.3. The maximum atomic E-state index is 14.4. The van der Waals surface area contributed by atoms with Gasteiger partial charge in [-0.3, -0.25) is 9.59 Å². The predicted octanol–water partition coefficient (Wildman–Crippen LogP) is 0.440. The molecule has 6 heterocycles. The molecular weight excluding hydrogens is 821 g/mol. The van der Waals surface area contributed by atoms with Crippen molar-refractivity contribution in [3.63, 3.8) is 0 Å². The first-order valence-electron chi connectivity index (χ1n) is 19.9. The highest BCUT2D eigenvalue weighted by Gasteiger charge is 2.41. The average molecular weight is 863 g/mol. The molecule has 0 amide bonds. The minimum absolute atomic E-state index is 0.0247. The highest BCUT2D eigenvalue weighted by atomic mass is 16.5. The highest BCUT2D eigenvalue weighted by molar-refractivity contribution is 5.80. The first-order chi connectivity index (χ1) is 30.3. The number of allylic oxidation sites excluding steroid dienone is 2. The van der Waals surface area contributed by atoms with Gasteiger partial charge in [0.25, 0.3) is 11.1 Å². The van der Waals surface area contributed by atoms with Gasteiger partial charge in [0.1, 0.15) is 23.2 Å². The van der Waals surface area contributed by atoms with E-state index in [1.807, 2.05) is 0 Å². The van der Waals surface area contributed by atoms with Gasteiger partial charge in [-0.2, -0.15) is 0 Å². The van der Waals surface area contributed by atoms with Crippen molar-refractivity contribution in [2.24, 2.45) is 14.1 Å². The van der Waals surface area contributed by atoms with Gasteiger partial charge in [0, 0.05) is 64.3 Å². The number of nitrogens with zero attached hydrogens (tertiary/aromatic N) is 10. The molecule has 2 aliphatic rings. The molecule has 3 aromatic carbocycles. The van der Waals surface area contributed by atoms with Gasteiger partial charge in [-0.15, -0.1) is 0 Å². The molecule has 4 aromatic heterocycles. The number of aryl methyl sites for hydroxylation is 4. The fourth-order valence-corrected chi connectivity index (χ4v) is 8.77. The van der Waals surface area contributed by atoms with Crippen LogP contribution in [0.1, 0.15) is 29.0 Å². The molecule has 326 valence electrons. The number of aromatic nitrogens is 10. The van der Waals surface area contributed by atoms with Crippen molar-refractivity contribution in [3.05, 3.63) is 140 Å². The molecule has 0 saturated carbocycles. The van der Waals surface area contributed by atoms with E-state index in [1.165, 1.54) is 68.4 Å². The zero-order valence-electron chi connectivity index (χ0n) is 35.1. The summed E-state index contributed by atoms with van der Waals surface area (Å²) in [5.41, 5.74) is -0.324. The Morgan fingerprint density at radius 1 is 0.619 bits per heavy atom. The third kappa shape index (κ3) is 6.28. The smallest absolute Gasteiger partial charge is 0.348 e. The summed E-state index contributed by atoms with van der Waals surface area (Å²) in [5, 5.41) is 10.2. The lowest BCUT2D eigenvalue weighted by atomic mass is 9.90. The van der Waals surface area contributed by atoms with Gasteiger partial charge in [0.05, 0.1) is 69.6 Å². The monoisotopic (exact) mass is 862 g/mol. The summed E-state index contributed by atoms with van der Waals surface area (Å²) in [7, 11) is 9.11. The normalized spacial score (nSPS) is 15.5. The molecule has 2 unspecified atom stereocenters. The number of aromatic hydroxyl groups is 1. The van der Waals surface area contributed by atoms with Crippen molar-refractivity contribution in [2.75, 3.05) is 28.4 Å². The Labute approximate surface area is 354 Å². The molecule has 0 saturated heterocycles. The second-order valence-corrected chi connectivity index (χ2v) is 15.2. The molecule has 7 aromatic rings. The van der Waals surface area contributed by atoms with Crippen LogP contribution in [0.15, 0.2) is 88.9 Å². The maximum absolute atomic E-state index is 14.4. The van der Waals surface area contributed by atoms with Gasteiger partial charge >= 0.3 is 22.8 Å². The molecule has 0 spiro atoms. The summed E-state index contributed by atoms with van der Waals surface area (Å²) >= 11 is 0. The Hall–Kier alpha value is -7.84. The highest BCUT2D eigenvalue weighted by Crippen LogP contribution is 2.39. The Balaban J connectivity index is 1.09. The Morgan fingerprint density at radius 2 is 1.08 bits per heavy atom. The Bertz CT molecular complexity index is 3430. The summed E-state index contributed by atoms with van der Waals surface area (Å²) in [4.78, 5) is 93.2. The molecule has 2 aliphatic heterocycles. The molecule has 0 fully saturated rings. The number of methoxy groups -OCH3 is 4. The number of hydrogen-bond donors (Lipinski definition) is 1. The van der Waals surface area contributed by atoms with E-state index in [0.717, 1.165) is 9.13 Å². The van der Waals surface area contributed by atoms with Crippen LogP contribution in [0.4, 0.5) is 0 Å². The quantitative estimate of drug-likeness (QED) is 0.175. The van der Waals surface area contributed by atoms with Crippen molar-refractivity contribution >= 4 is 22.1 Å².